The number of sulfonamides is 1. The number of amides is 1. The predicted molar refractivity (Wildman–Crippen MR) is 97.2 cm³/mol. The van der Waals surface area contributed by atoms with Gasteiger partial charge >= 0.3 is 6.09 Å². The molecule has 2 rings (SSSR count). The minimum atomic E-state index is -3.60. The molecule has 140 valence electrons. The van der Waals surface area contributed by atoms with Crippen LogP contribution in [0, 0.1) is 0 Å². The molecule has 1 aliphatic rings. The van der Waals surface area contributed by atoms with Crippen molar-refractivity contribution in [1.29, 1.82) is 0 Å². The van der Waals surface area contributed by atoms with Gasteiger partial charge in [0.1, 0.15) is 5.60 Å². The molecule has 0 saturated heterocycles. The maximum Gasteiger partial charge on any atom is 0.410 e. The first-order valence-corrected chi connectivity index (χ1v) is 10.2. The highest BCUT2D eigenvalue weighted by Crippen LogP contribution is 2.28. The quantitative estimate of drug-likeness (QED) is 0.726. The molecule has 1 saturated carbocycles. The van der Waals surface area contributed by atoms with Crippen LogP contribution in [0.15, 0.2) is 29.2 Å². The zero-order valence-electron chi connectivity index (χ0n) is 14.8. The van der Waals surface area contributed by atoms with Crippen molar-refractivity contribution in [3.8, 4) is 0 Å². The number of halogens is 1. The third-order valence-electron chi connectivity index (χ3n) is 3.59. The fourth-order valence-electron chi connectivity index (χ4n) is 2.30. The standard InChI is InChI=1S/C17H25ClN2O4S/c1-17(2,3)24-16(21)20(14-8-9-14)11-5-10-19-25(22,23)15-7-4-6-13(18)12-15/h4,6-7,12,14,19H,5,8-11H2,1-3H3. The lowest BCUT2D eigenvalue weighted by atomic mass is 10.2. The Morgan fingerprint density at radius 2 is 2.04 bits per heavy atom. The van der Waals surface area contributed by atoms with E-state index < -0.39 is 15.6 Å². The maximum absolute atomic E-state index is 12.2. The van der Waals surface area contributed by atoms with E-state index in [0.29, 0.717) is 18.0 Å². The summed E-state index contributed by atoms with van der Waals surface area (Å²) >= 11 is 5.83. The topological polar surface area (TPSA) is 75.7 Å². The van der Waals surface area contributed by atoms with E-state index in [1.165, 1.54) is 12.1 Å². The van der Waals surface area contributed by atoms with Crippen molar-refractivity contribution in [3.05, 3.63) is 29.3 Å². The number of hydrogen-bond donors (Lipinski definition) is 1. The van der Waals surface area contributed by atoms with Crippen LogP contribution in [0.3, 0.4) is 0 Å². The summed E-state index contributed by atoms with van der Waals surface area (Å²) in [5, 5.41) is 0.368. The third kappa shape index (κ3) is 6.49. The van der Waals surface area contributed by atoms with E-state index in [4.69, 9.17) is 16.3 Å². The maximum atomic E-state index is 12.2. The van der Waals surface area contributed by atoms with Gasteiger partial charge in [0, 0.05) is 24.2 Å². The second kappa shape index (κ2) is 7.93. The van der Waals surface area contributed by atoms with E-state index in [1.807, 2.05) is 20.8 Å². The zero-order valence-corrected chi connectivity index (χ0v) is 16.4. The van der Waals surface area contributed by atoms with Gasteiger partial charge in [-0.1, -0.05) is 17.7 Å². The van der Waals surface area contributed by atoms with Gasteiger partial charge in [0.05, 0.1) is 4.90 Å². The van der Waals surface area contributed by atoms with Crippen molar-refractivity contribution in [1.82, 2.24) is 9.62 Å². The van der Waals surface area contributed by atoms with Crippen LogP contribution in [0.2, 0.25) is 5.02 Å². The molecule has 0 unspecified atom stereocenters. The Morgan fingerprint density at radius 1 is 1.36 bits per heavy atom. The number of ether oxygens (including phenoxy) is 1. The van der Waals surface area contributed by atoms with Gasteiger partial charge in [-0.25, -0.2) is 17.9 Å². The van der Waals surface area contributed by atoms with Crippen molar-refractivity contribution in [2.24, 2.45) is 0 Å². The van der Waals surface area contributed by atoms with E-state index in [9.17, 15) is 13.2 Å². The Balaban J connectivity index is 1.85. The first kappa shape index (κ1) is 20.0. The second-order valence-corrected chi connectivity index (χ2v) is 9.32. The van der Waals surface area contributed by atoms with Gasteiger partial charge in [0.2, 0.25) is 10.0 Å². The molecule has 0 heterocycles. The average molecular weight is 389 g/mol. The number of benzene rings is 1. The summed E-state index contributed by atoms with van der Waals surface area (Å²) in [4.78, 5) is 14.1. The van der Waals surface area contributed by atoms with Crippen LogP contribution in [-0.2, 0) is 14.8 Å². The summed E-state index contributed by atoms with van der Waals surface area (Å²) < 4.78 is 32.4. The fourth-order valence-corrected chi connectivity index (χ4v) is 3.68. The van der Waals surface area contributed by atoms with Crippen LogP contribution < -0.4 is 4.72 Å². The van der Waals surface area contributed by atoms with Gasteiger partial charge in [0.25, 0.3) is 0 Å². The lowest BCUT2D eigenvalue weighted by Gasteiger charge is -2.27. The largest absolute Gasteiger partial charge is 0.444 e. The molecular weight excluding hydrogens is 364 g/mol. The molecule has 0 atom stereocenters. The fraction of sp³-hybridized carbons (Fsp3) is 0.588. The highest BCUT2D eigenvalue weighted by molar-refractivity contribution is 7.89. The van der Waals surface area contributed by atoms with Gasteiger partial charge in [-0.3, -0.25) is 0 Å². The summed E-state index contributed by atoms with van der Waals surface area (Å²) in [5.74, 6) is 0. The van der Waals surface area contributed by atoms with Crippen molar-refractivity contribution < 1.29 is 17.9 Å². The van der Waals surface area contributed by atoms with E-state index in [1.54, 1.807) is 17.0 Å². The van der Waals surface area contributed by atoms with Crippen LogP contribution in [0.25, 0.3) is 0 Å². The van der Waals surface area contributed by atoms with Gasteiger partial charge in [0.15, 0.2) is 0 Å². The van der Waals surface area contributed by atoms with Crippen molar-refractivity contribution >= 4 is 27.7 Å². The lowest BCUT2D eigenvalue weighted by molar-refractivity contribution is 0.0232. The Hall–Kier alpha value is -1.31. The van der Waals surface area contributed by atoms with E-state index in [2.05, 4.69) is 4.72 Å². The minimum absolute atomic E-state index is 0.131. The molecular formula is C17H25ClN2O4S. The molecule has 0 spiro atoms. The summed E-state index contributed by atoms with van der Waals surface area (Å²) in [6.45, 7) is 6.18. The molecule has 1 aromatic carbocycles. The molecule has 1 aliphatic carbocycles. The Labute approximate surface area is 154 Å². The molecule has 1 aromatic rings. The second-order valence-electron chi connectivity index (χ2n) is 7.11. The summed E-state index contributed by atoms with van der Waals surface area (Å²) in [6.07, 6.45) is 2.10. The van der Waals surface area contributed by atoms with Crippen LogP contribution in [0.5, 0.6) is 0 Å². The smallest absolute Gasteiger partial charge is 0.410 e. The number of nitrogens with zero attached hydrogens (tertiary/aromatic N) is 1. The van der Waals surface area contributed by atoms with Crippen molar-refractivity contribution in [2.45, 2.75) is 56.6 Å². The molecule has 6 nitrogen and oxygen atoms in total. The molecule has 0 radical (unpaired) electrons. The SMILES string of the molecule is CC(C)(C)OC(=O)N(CCCNS(=O)(=O)c1cccc(Cl)c1)C1CC1. The average Bonchev–Trinajstić information content (AvgIpc) is 3.29. The molecule has 0 aliphatic heterocycles. The number of carbonyl (C=O) groups excluding carboxylic acids is 1. The van der Waals surface area contributed by atoms with E-state index in [0.717, 1.165) is 12.8 Å². The molecule has 8 heteroatoms. The first-order chi connectivity index (χ1) is 11.6. The Bertz CT molecular complexity index is 712. The number of rotatable bonds is 7. The highest BCUT2D eigenvalue weighted by atomic mass is 35.5. The molecule has 0 aromatic heterocycles. The first-order valence-electron chi connectivity index (χ1n) is 8.33. The number of nitrogens with one attached hydrogen (secondary N) is 1. The Morgan fingerprint density at radius 3 is 2.60 bits per heavy atom. The van der Waals surface area contributed by atoms with Crippen molar-refractivity contribution in [2.75, 3.05) is 13.1 Å². The molecule has 1 amide bonds. The van der Waals surface area contributed by atoms with Gasteiger partial charge in [-0.05, 0) is 58.2 Å². The highest BCUT2D eigenvalue weighted by Gasteiger charge is 2.34. The number of carbonyl (C=O) groups is 1. The summed E-state index contributed by atoms with van der Waals surface area (Å²) in [7, 11) is -3.60. The number of hydrogen-bond acceptors (Lipinski definition) is 4. The van der Waals surface area contributed by atoms with Gasteiger partial charge in [-0.2, -0.15) is 0 Å². The summed E-state index contributed by atoms with van der Waals surface area (Å²) in [5.41, 5.74) is -0.543. The predicted octanol–water partition coefficient (Wildman–Crippen LogP) is 3.41. The monoisotopic (exact) mass is 388 g/mol. The van der Waals surface area contributed by atoms with Gasteiger partial charge < -0.3 is 9.64 Å². The van der Waals surface area contributed by atoms with Crippen molar-refractivity contribution in [3.63, 3.8) is 0 Å². The third-order valence-corrected chi connectivity index (χ3v) is 5.28. The van der Waals surface area contributed by atoms with E-state index in [-0.39, 0.29) is 23.6 Å². The van der Waals surface area contributed by atoms with Crippen LogP contribution >= 0.6 is 11.6 Å². The van der Waals surface area contributed by atoms with Crippen LogP contribution in [0.4, 0.5) is 4.79 Å². The van der Waals surface area contributed by atoms with Gasteiger partial charge in [-0.15, -0.1) is 0 Å². The van der Waals surface area contributed by atoms with E-state index >= 15 is 0 Å². The minimum Gasteiger partial charge on any atom is -0.444 e. The van der Waals surface area contributed by atoms with Crippen LogP contribution in [-0.4, -0.2) is 44.1 Å². The molecule has 0 bridgehead atoms. The molecule has 1 fully saturated rings. The molecule has 1 N–H and O–H groups in total. The normalized spacial score (nSPS) is 15.0. The summed E-state index contributed by atoms with van der Waals surface area (Å²) in [6, 6.07) is 6.31. The molecule has 25 heavy (non-hydrogen) atoms. The zero-order chi connectivity index (χ0) is 18.7. The van der Waals surface area contributed by atoms with Crippen LogP contribution in [0.1, 0.15) is 40.0 Å². The Kier molecular flexibility index (Phi) is 6.35. The lowest BCUT2D eigenvalue weighted by Crippen LogP contribution is -2.39.